The second kappa shape index (κ2) is 5.61. The van der Waals surface area contributed by atoms with Gasteiger partial charge in [-0.05, 0) is 49.6 Å². The molecule has 0 amide bonds. The maximum atomic E-state index is 6.03. The highest BCUT2D eigenvalue weighted by atomic mass is 35.5. The highest BCUT2D eigenvalue weighted by molar-refractivity contribution is 6.30. The van der Waals surface area contributed by atoms with Gasteiger partial charge < -0.3 is 9.32 Å². The summed E-state index contributed by atoms with van der Waals surface area (Å²) in [6.45, 7) is 2.13. The van der Waals surface area contributed by atoms with Gasteiger partial charge in [0.25, 0.3) is 0 Å². The van der Waals surface area contributed by atoms with Crippen LogP contribution in [0.25, 0.3) is 22.7 Å². The van der Waals surface area contributed by atoms with Crippen molar-refractivity contribution in [3.8, 4) is 11.5 Å². The minimum absolute atomic E-state index is 0.556. The minimum atomic E-state index is 0.556. The van der Waals surface area contributed by atoms with Gasteiger partial charge in [0.1, 0.15) is 11.3 Å². The number of nitrogens with zero attached hydrogens (tertiary/aromatic N) is 3. The van der Waals surface area contributed by atoms with Crippen molar-refractivity contribution in [3.05, 3.63) is 41.4 Å². The van der Waals surface area contributed by atoms with E-state index >= 15 is 0 Å². The summed E-state index contributed by atoms with van der Waals surface area (Å²) < 4.78 is 5.83. The van der Waals surface area contributed by atoms with E-state index < -0.39 is 0 Å². The number of piperidine rings is 1. The Balaban J connectivity index is 1.71. The van der Waals surface area contributed by atoms with E-state index in [2.05, 4.69) is 14.9 Å². The highest BCUT2D eigenvalue weighted by Crippen LogP contribution is 2.27. The zero-order valence-electron chi connectivity index (χ0n) is 12.1. The fourth-order valence-electron chi connectivity index (χ4n) is 2.85. The van der Waals surface area contributed by atoms with Crippen LogP contribution in [0.2, 0.25) is 5.02 Å². The first-order valence-electron chi connectivity index (χ1n) is 7.58. The lowest BCUT2D eigenvalue weighted by atomic mass is 10.1. The molecule has 0 aliphatic carbocycles. The molecule has 3 heterocycles. The third-order valence-electron chi connectivity index (χ3n) is 3.99. The van der Waals surface area contributed by atoms with Gasteiger partial charge in [0.2, 0.25) is 11.6 Å². The number of aromatic nitrogens is 2. The zero-order chi connectivity index (χ0) is 14.9. The average Bonchev–Trinajstić information content (AvgIpc) is 2.99. The van der Waals surface area contributed by atoms with Gasteiger partial charge in [0.15, 0.2) is 0 Å². The lowest BCUT2D eigenvalue weighted by Crippen LogP contribution is -2.29. The van der Waals surface area contributed by atoms with Crippen LogP contribution in [0.5, 0.6) is 0 Å². The van der Waals surface area contributed by atoms with Crippen LogP contribution in [0, 0.1) is 0 Å². The monoisotopic (exact) mass is 313 g/mol. The first-order chi connectivity index (χ1) is 10.8. The van der Waals surface area contributed by atoms with Crippen LogP contribution in [-0.2, 0) is 0 Å². The van der Waals surface area contributed by atoms with E-state index in [0.29, 0.717) is 16.6 Å². The molecule has 3 aromatic rings. The molecule has 0 saturated carbocycles. The van der Waals surface area contributed by atoms with Gasteiger partial charge in [-0.1, -0.05) is 17.7 Å². The zero-order valence-corrected chi connectivity index (χ0v) is 12.9. The molecule has 1 aliphatic heterocycles. The van der Waals surface area contributed by atoms with Crippen LogP contribution < -0.4 is 4.90 Å². The first-order valence-corrected chi connectivity index (χ1v) is 7.96. The van der Waals surface area contributed by atoms with Gasteiger partial charge in [-0.3, -0.25) is 0 Å². The van der Waals surface area contributed by atoms with E-state index in [4.69, 9.17) is 16.0 Å². The standard InChI is InChI=1S/C17H16ClN3O/c18-13-6-4-5-12(11-13)16-19-14-7-8-15(20-17(14)22-16)21-9-2-1-3-10-21/h4-8,11H,1-3,9-10H2. The van der Waals surface area contributed by atoms with Crippen molar-refractivity contribution in [2.75, 3.05) is 18.0 Å². The highest BCUT2D eigenvalue weighted by Gasteiger charge is 2.15. The Morgan fingerprint density at radius 1 is 1.00 bits per heavy atom. The fourth-order valence-corrected chi connectivity index (χ4v) is 3.04. The third kappa shape index (κ3) is 2.55. The van der Waals surface area contributed by atoms with Gasteiger partial charge in [-0.2, -0.15) is 4.98 Å². The molecule has 0 radical (unpaired) electrons. The molecule has 0 bridgehead atoms. The summed E-state index contributed by atoms with van der Waals surface area (Å²) in [5.74, 6) is 1.53. The molecule has 0 atom stereocenters. The van der Waals surface area contributed by atoms with Crippen molar-refractivity contribution in [3.63, 3.8) is 0 Å². The Bertz CT molecular complexity index is 809. The fraction of sp³-hybridized carbons (Fsp3) is 0.294. The topological polar surface area (TPSA) is 42.2 Å². The van der Waals surface area contributed by atoms with E-state index in [1.807, 2.05) is 36.4 Å². The quantitative estimate of drug-likeness (QED) is 0.697. The van der Waals surface area contributed by atoms with Gasteiger partial charge in [-0.25, -0.2) is 4.98 Å². The molecule has 22 heavy (non-hydrogen) atoms. The van der Waals surface area contributed by atoms with E-state index in [1.54, 1.807) is 0 Å². The Morgan fingerprint density at radius 2 is 1.86 bits per heavy atom. The van der Waals surface area contributed by atoms with Crippen molar-refractivity contribution < 1.29 is 4.42 Å². The number of pyridine rings is 1. The molecule has 0 N–H and O–H groups in total. The van der Waals surface area contributed by atoms with Crippen molar-refractivity contribution in [1.82, 2.24) is 9.97 Å². The van der Waals surface area contributed by atoms with Crippen molar-refractivity contribution >= 4 is 28.6 Å². The summed E-state index contributed by atoms with van der Waals surface area (Å²) in [5.41, 5.74) is 2.22. The number of hydrogen-bond acceptors (Lipinski definition) is 4. The Morgan fingerprint density at radius 3 is 2.68 bits per heavy atom. The van der Waals surface area contributed by atoms with E-state index in [9.17, 15) is 0 Å². The van der Waals surface area contributed by atoms with Crippen molar-refractivity contribution in [1.29, 1.82) is 0 Å². The molecule has 4 nitrogen and oxygen atoms in total. The summed E-state index contributed by atoms with van der Waals surface area (Å²) in [6, 6.07) is 11.5. The molecular weight excluding hydrogens is 298 g/mol. The van der Waals surface area contributed by atoms with Crippen LogP contribution in [0.1, 0.15) is 19.3 Å². The van der Waals surface area contributed by atoms with Crippen LogP contribution >= 0.6 is 11.6 Å². The van der Waals surface area contributed by atoms with Gasteiger partial charge >= 0.3 is 0 Å². The summed E-state index contributed by atoms with van der Waals surface area (Å²) in [4.78, 5) is 11.4. The molecule has 4 rings (SSSR count). The van der Waals surface area contributed by atoms with Crippen LogP contribution in [-0.4, -0.2) is 23.1 Å². The molecule has 1 fully saturated rings. The number of rotatable bonds is 2. The Kier molecular flexibility index (Phi) is 3.47. The predicted octanol–water partition coefficient (Wildman–Crippen LogP) is 4.53. The molecular formula is C17H16ClN3O. The molecule has 1 aliphatic rings. The second-order valence-electron chi connectivity index (χ2n) is 5.57. The molecule has 1 aromatic carbocycles. The summed E-state index contributed by atoms with van der Waals surface area (Å²) >= 11 is 6.03. The van der Waals surface area contributed by atoms with Crippen molar-refractivity contribution in [2.24, 2.45) is 0 Å². The number of benzene rings is 1. The second-order valence-corrected chi connectivity index (χ2v) is 6.01. The maximum absolute atomic E-state index is 6.03. The van der Waals surface area contributed by atoms with E-state index in [0.717, 1.165) is 30.0 Å². The van der Waals surface area contributed by atoms with Crippen LogP contribution in [0.3, 0.4) is 0 Å². The third-order valence-corrected chi connectivity index (χ3v) is 4.23. The molecule has 1 saturated heterocycles. The normalized spacial score (nSPS) is 15.4. The van der Waals surface area contributed by atoms with Gasteiger partial charge in [-0.15, -0.1) is 0 Å². The Labute approximate surface area is 133 Å². The summed E-state index contributed by atoms with van der Waals surface area (Å²) in [6.07, 6.45) is 3.76. The number of anilines is 1. The van der Waals surface area contributed by atoms with E-state index in [-0.39, 0.29) is 0 Å². The van der Waals surface area contributed by atoms with Crippen molar-refractivity contribution in [2.45, 2.75) is 19.3 Å². The summed E-state index contributed by atoms with van der Waals surface area (Å²) in [5, 5.41) is 0.668. The van der Waals surface area contributed by atoms with Gasteiger partial charge in [0, 0.05) is 23.7 Å². The van der Waals surface area contributed by atoms with Crippen LogP contribution in [0.4, 0.5) is 5.82 Å². The lowest BCUT2D eigenvalue weighted by molar-refractivity contribution is 0.569. The molecule has 112 valence electrons. The number of fused-ring (bicyclic) bond motifs is 1. The summed E-state index contributed by atoms with van der Waals surface area (Å²) in [7, 11) is 0. The lowest BCUT2D eigenvalue weighted by Gasteiger charge is -2.27. The minimum Gasteiger partial charge on any atom is -0.418 e. The number of oxazole rings is 1. The van der Waals surface area contributed by atoms with Gasteiger partial charge in [0.05, 0.1) is 0 Å². The molecule has 0 spiro atoms. The van der Waals surface area contributed by atoms with E-state index in [1.165, 1.54) is 19.3 Å². The number of hydrogen-bond donors (Lipinski definition) is 0. The molecule has 0 unspecified atom stereocenters. The molecule has 2 aromatic heterocycles. The SMILES string of the molecule is Clc1cccc(-c2nc3ccc(N4CCCCC4)nc3o2)c1. The molecule has 5 heteroatoms. The number of halogens is 1. The Hall–Kier alpha value is -2.07. The van der Waals surface area contributed by atoms with Crippen LogP contribution in [0.15, 0.2) is 40.8 Å². The maximum Gasteiger partial charge on any atom is 0.249 e. The largest absolute Gasteiger partial charge is 0.418 e. The smallest absolute Gasteiger partial charge is 0.249 e. The predicted molar refractivity (Wildman–Crippen MR) is 88.3 cm³/mol. The average molecular weight is 314 g/mol. The first kappa shape index (κ1) is 13.6.